The minimum absolute atomic E-state index is 0.214. The second-order valence-corrected chi connectivity index (χ2v) is 5.20. The van der Waals surface area contributed by atoms with Gasteiger partial charge in [0.2, 0.25) is 5.91 Å². The normalized spacial score (nSPS) is 22.9. The summed E-state index contributed by atoms with van der Waals surface area (Å²) in [5, 5.41) is 12.4. The van der Waals surface area contributed by atoms with Crippen LogP contribution in [0.4, 0.5) is 4.39 Å². The van der Waals surface area contributed by atoms with Gasteiger partial charge in [-0.2, -0.15) is 0 Å². The number of hydrogen-bond donors (Lipinski definition) is 2. The van der Waals surface area contributed by atoms with Crippen LogP contribution in [0.2, 0.25) is 0 Å². The van der Waals surface area contributed by atoms with Crippen LogP contribution in [-0.2, 0) is 4.79 Å². The molecule has 20 heavy (non-hydrogen) atoms. The molecule has 2 unspecified atom stereocenters. The van der Waals surface area contributed by atoms with E-state index in [1.165, 1.54) is 24.4 Å². The second kappa shape index (κ2) is 7.14. The molecule has 2 rings (SSSR count). The van der Waals surface area contributed by atoms with Gasteiger partial charge in [0.1, 0.15) is 5.82 Å². The monoisotopic (exact) mass is 278 g/mol. The maximum Gasteiger partial charge on any atom is 0.244 e. The van der Waals surface area contributed by atoms with Gasteiger partial charge in [0.15, 0.2) is 0 Å². The number of amides is 1. The summed E-state index contributed by atoms with van der Waals surface area (Å²) in [6, 6.07) is 1.31. The highest BCUT2D eigenvalue weighted by Gasteiger charge is 2.19. The number of rotatable bonds is 4. The number of pyridine rings is 1. The third-order valence-corrected chi connectivity index (χ3v) is 3.47. The molecule has 1 aliphatic carbocycles. The Labute approximate surface area is 117 Å². The Balaban J connectivity index is 1.77. The molecule has 4 nitrogen and oxygen atoms in total. The summed E-state index contributed by atoms with van der Waals surface area (Å²) in [5.74, 6) is -0.301. The highest BCUT2D eigenvalue weighted by molar-refractivity contribution is 5.91. The molecule has 1 aromatic rings. The lowest BCUT2D eigenvalue weighted by atomic mass is 9.87. The fourth-order valence-corrected chi connectivity index (χ4v) is 2.44. The summed E-state index contributed by atoms with van der Waals surface area (Å²) >= 11 is 0. The van der Waals surface area contributed by atoms with Gasteiger partial charge in [0, 0.05) is 18.8 Å². The molecule has 1 heterocycles. The Bertz CT molecular complexity index is 491. The van der Waals surface area contributed by atoms with Crippen LogP contribution in [0.5, 0.6) is 0 Å². The highest BCUT2D eigenvalue weighted by Crippen LogP contribution is 2.23. The summed E-state index contributed by atoms with van der Waals surface area (Å²) in [6.45, 7) is 0.571. The van der Waals surface area contributed by atoms with Crippen molar-refractivity contribution in [2.24, 2.45) is 5.92 Å². The first-order chi connectivity index (χ1) is 9.63. The fraction of sp³-hybridized carbons (Fsp3) is 0.467. The summed E-state index contributed by atoms with van der Waals surface area (Å²) in [6.07, 6.45) is 8.92. The van der Waals surface area contributed by atoms with E-state index in [1.807, 2.05) is 0 Å². The lowest BCUT2D eigenvalue weighted by Crippen LogP contribution is -2.32. The molecule has 2 atom stereocenters. The third-order valence-electron chi connectivity index (χ3n) is 3.47. The Hall–Kier alpha value is -1.75. The van der Waals surface area contributed by atoms with Crippen molar-refractivity contribution in [1.82, 2.24) is 10.3 Å². The number of halogens is 1. The zero-order valence-electron chi connectivity index (χ0n) is 11.3. The molecule has 1 aromatic heterocycles. The van der Waals surface area contributed by atoms with Crippen LogP contribution in [0.1, 0.15) is 31.2 Å². The van der Waals surface area contributed by atoms with Crippen LogP contribution in [0.3, 0.4) is 0 Å². The summed E-state index contributed by atoms with van der Waals surface area (Å²) in [4.78, 5) is 15.4. The van der Waals surface area contributed by atoms with Crippen molar-refractivity contribution in [1.29, 1.82) is 0 Å². The number of carbonyl (C=O) groups excluding carboxylic acids is 1. The van der Waals surface area contributed by atoms with Gasteiger partial charge in [-0.3, -0.25) is 9.78 Å². The molecule has 2 N–H and O–H groups in total. The van der Waals surface area contributed by atoms with Gasteiger partial charge < -0.3 is 10.4 Å². The van der Waals surface area contributed by atoms with Crippen LogP contribution in [0, 0.1) is 11.7 Å². The Morgan fingerprint density at radius 3 is 3.10 bits per heavy atom. The Morgan fingerprint density at radius 1 is 1.50 bits per heavy atom. The van der Waals surface area contributed by atoms with Crippen LogP contribution < -0.4 is 5.32 Å². The number of hydrogen-bond acceptors (Lipinski definition) is 3. The van der Waals surface area contributed by atoms with Crippen molar-refractivity contribution >= 4 is 12.0 Å². The fourth-order valence-electron chi connectivity index (χ4n) is 2.44. The lowest BCUT2D eigenvalue weighted by Gasteiger charge is -2.25. The van der Waals surface area contributed by atoms with Crippen molar-refractivity contribution in [3.8, 4) is 0 Å². The predicted octanol–water partition coefficient (Wildman–Crippen LogP) is 1.90. The average Bonchev–Trinajstić information content (AvgIpc) is 2.43. The maximum atomic E-state index is 12.9. The van der Waals surface area contributed by atoms with Crippen molar-refractivity contribution in [2.75, 3.05) is 6.54 Å². The molecule has 5 heteroatoms. The van der Waals surface area contributed by atoms with E-state index in [-0.39, 0.29) is 12.0 Å². The SMILES string of the molecule is O=C(C=Cc1cncc(F)c1)NCC1CCCC(O)C1. The largest absolute Gasteiger partial charge is 0.393 e. The quantitative estimate of drug-likeness (QED) is 0.827. The molecule has 0 aromatic carbocycles. The number of nitrogens with one attached hydrogen (secondary N) is 1. The Morgan fingerprint density at radius 2 is 2.35 bits per heavy atom. The molecule has 1 fully saturated rings. The number of carbonyl (C=O) groups is 1. The van der Waals surface area contributed by atoms with Gasteiger partial charge in [-0.05, 0) is 42.9 Å². The molecule has 0 aliphatic heterocycles. The molecule has 0 spiro atoms. The topological polar surface area (TPSA) is 62.2 Å². The van der Waals surface area contributed by atoms with Gasteiger partial charge in [0.25, 0.3) is 0 Å². The second-order valence-electron chi connectivity index (χ2n) is 5.20. The van der Waals surface area contributed by atoms with Crippen molar-refractivity contribution < 1.29 is 14.3 Å². The Kier molecular flexibility index (Phi) is 5.24. The molecular weight excluding hydrogens is 259 g/mol. The minimum Gasteiger partial charge on any atom is -0.393 e. The smallest absolute Gasteiger partial charge is 0.244 e. The zero-order chi connectivity index (χ0) is 14.4. The van der Waals surface area contributed by atoms with Crippen molar-refractivity contribution in [3.63, 3.8) is 0 Å². The maximum absolute atomic E-state index is 12.9. The lowest BCUT2D eigenvalue weighted by molar-refractivity contribution is -0.116. The first kappa shape index (κ1) is 14.7. The predicted molar refractivity (Wildman–Crippen MR) is 74.2 cm³/mol. The van der Waals surface area contributed by atoms with Crippen LogP contribution >= 0.6 is 0 Å². The summed E-state index contributed by atoms with van der Waals surface area (Å²) in [5.41, 5.74) is 0.549. The molecule has 0 radical (unpaired) electrons. The van der Waals surface area contributed by atoms with Gasteiger partial charge in [-0.1, -0.05) is 6.42 Å². The van der Waals surface area contributed by atoms with E-state index in [0.29, 0.717) is 18.0 Å². The minimum atomic E-state index is -0.427. The van der Waals surface area contributed by atoms with E-state index in [9.17, 15) is 14.3 Å². The van der Waals surface area contributed by atoms with E-state index < -0.39 is 5.82 Å². The van der Waals surface area contributed by atoms with E-state index in [1.54, 1.807) is 0 Å². The van der Waals surface area contributed by atoms with E-state index in [0.717, 1.165) is 31.9 Å². The highest BCUT2D eigenvalue weighted by atomic mass is 19.1. The van der Waals surface area contributed by atoms with Crippen LogP contribution in [0.25, 0.3) is 6.08 Å². The number of aliphatic hydroxyl groups is 1. The molecule has 1 aliphatic rings. The first-order valence-electron chi connectivity index (χ1n) is 6.88. The van der Waals surface area contributed by atoms with Crippen LogP contribution in [0.15, 0.2) is 24.5 Å². The van der Waals surface area contributed by atoms with Gasteiger partial charge in [-0.25, -0.2) is 4.39 Å². The molecule has 1 saturated carbocycles. The summed E-state index contributed by atoms with van der Waals surface area (Å²) < 4.78 is 12.9. The van der Waals surface area contributed by atoms with Crippen molar-refractivity contribution in [3.05, 3.63) is 35.9 Å². The summed E-state index contributed by atoms with van der Waals surface area (Å²) in [7, 11) is 0. The molecule has 0 saturated heterocycles. The standard InChI is InChI=1S/C15H19FN2O2/c16-13-6-12(8-17-10-13)4-5-15(20)18-9-11-2-1-3-14(19)7-11/h4-6,8,10-11,14,19H,1-3,7,9H2,(H,18,20). The van der Waals surface area contributed by atoms with E-state index in [2.05, 4.69) is 10.3 Å². The van der Waals surface area contributed by atoms with E-state index in [4.69, 9.17) is 0 Å². The van der Waals surface area contributed by atoms with Crippen molar-refractivity contribution in [2.45, 2.75) is 31.8 Å². The molecule has 1 amide bonds. The first-order valence-corrected chi connectivity index (χ1v) is 6.88. The number of aromatic nitrogens is 1. The van der Waals surface area contributed by atoms with Gasteiger partial charge >= 0.3 is 0 Å². The molecule has 108 valence electrons. The van der Waals surface area contributed by atoms with E-state index >= 15 is 0 Å². The average molecular weight is 278 g/mol. The van der Waals surface area contributed by atoms with Gasteiger partial charge in [-0.15, -0.1) is 0 Å². The number of nitrogens with zero attached hydrogens (tertiary/aromatic N) is 1. The zero-order valence-corrected chi connectivity index (χ0v) is 11.3. The van der Waals surface area contributed by atoms with Gasteiger partial charge in [0.05, 0.1) is 12.3 Å². The molecule has 0 bridgehead atoms. The molecular formula is C15H19FN2O2. The third kappa shape index (κ3) is 4.74. The number of aliphatic hydroxyl groups excluding tert-OH is 1. The van der Waals surface area contributed by atoms with Crippen LogP contribution in [-0.4, -0.2) is 28.6 Å².